The molecule has 1 aliphatic heterocycles. The highest BCUT2D eigenvalue weighted by atomic mass is 32.2. The van der Waals surface area contributed by atoms with Gasteiger partial charge < -0.3 is 19.7 Å². The fourth-order valence-electron chi connectivity index (χ4n) is 3.37. The van der Waals surface area contributed by atoms with Crippen molar-refractivity contribution in [1.82, 2.24) is 4.31 Å². The summed E-state index contributed by atoms with van der Waals surface area (Å²) in [5.41, 5.74) is 2.49. The number of carbonyl (C=O) groups excluding carboxylic acids is 1. The minimum Gasteiger partial charge on any atom is -0.496 e. The Hall–Kier alpha value is -2.62. The van der Waals surface area contributed by atoms with Crippen molar-refractivity contribution < 1.29 is 22.7 Å². The molecule has 1 fully saturated rings. The van der Waals surface area contributed by atoms with Crippen molar-refractivity contribution in [3.05, 3.63) is 48.0 Å². The second-order valence-electron chi connectivity index (χ2n) is 7.46. The average molecular weight is 448 g/mol. The molecule has 0 aliphatic carbocycles. The van der Waals surface area contributed by atoms with E-state index in [1.165, 1.54) is 27.3 Å². The number of sulfonamides is 1. The monoisotopic (exact) mass is 447 g/mol. The van der Waals surface area contributed by atoms with Crippen molar-refractivity contribution in [2.75, 3.05) is 57.7 Å². The highest BCUT2D eigenvalue weighted by molar-refractivity contribution is 7.89. The lowest BCUT2D eigenvalue weighted by Crippen LogP contribution is -2.36. The number of methoxy groups -OCH3 is 1. The van der Waals surface area contributed by atoms with Crippen molar-refractivity contribution in [3.8, 4) is 5.75 Å². The van der Waals surface area contributed by atoms with Crippen LogP contribution in [-0.4, -0.2) is 66.1 Å². The third-order valence-corrected chi connectivity index (χ3v) is 6.99. The number of hydrogen-bond acceptors (Lipinski definition) is 6. The van der Waals surface area contributed by atoms with Gasteiger partial charge >= 0.3 is 0 Å². The zero-order chi connectivity index (χ0) is 22.4. The van der Waals surface area contributed by atoms with Crippen LogP contribution in [0.25, 0.3) is 0 Å². The number of nitrogens with zero attached hydrogens (tertiary/aromatic N) is 2. The molecular weight excluding hydrogens is 418 g/mol. The predicted molar refractivity (Wildman–Crippen MR) is 120 cm³/mol. The van der Waals surface area contributed by atoms with Gasteiger partial charge in [0.25, 0.3) is 0 Å². The number of nitrogens with one attached hydrogen (secondary N) is 1. The Morgan fingerprint density at radius 2 is 1.81 bits per heavy atom. The summed E-state index contributed by atoms with van der Waals surface area (Å²) in [6.45, 7) is 3.16. The number of benzene rings is 2. The van der Waals surface area contributed by atoms with Crippen LogP contribution in [0.5, 0.6) is 5.75 Å². The Balaban J connectivity index is 1.62. The first kappa shape index (κ1) is 23.1. The second kappa shape index (κ2) is 10.1. The van der Waals surface area contributed by atoms with E-state index < -0.39 is 10.0 Å². The van der Waals surface area contributed by atoms with Gasteiger partial charge in [0, 0.05) is 45.0 Å². The molecular formula is C22H29N3O5S. The maximum atomic E-state index is 12.5. The minimum atomic E-state index is -3.56. The topological polar surface area (TPSA) is 88.2 Å². The van der Waals surface area contributed by atoms with E-state index in [4.69, 9.17) is 9.47 Å². The van der Waals surface area contributed by atoms with Gasteiger partial charge in [-0.3, -0.25) is 4.79 Å². The maximum Gasteiger partial charge on any atom is 0.242 e. The molecule has 0 atom stereocenters. The number of morpholine rings is 1. The molecule has 2 aromatic rings. The summed E-state index contributed by atoms with van der Waals surface area (Å²) in [7, 11) is 0.930. The fraction of sp³-hybridized carbons (Fsp3) is 0.409. The van der Waals surface area contributed by atoms with Crippen molar-refractivity contribution >= 4 is 27.3 Å². The number of rotatable bonds is 8. The van der Waals surface area contributed by atoms with Gasteiger partial charge in [-0.15, -0.1) is 0 Å². The lowest BCUT2D eigenvalue weighted by atomic mass is 10.1. The van der Waals surface area contributed by atoms with Crippen LogP contribution in [0, 0.1) is 0 Å². The molecule has 1 N–H and O–H groups in total. The molecule has 168 valence electrons. The molecule has 0 bridgehead atoms. The van der Waals surface area contributed by atoms with Gasteiger partial charge in [-0.25, -0.2) is 12.7 Å². The molecule has 1 aliphatic rings. The van der Waals surface area contributed by atoms with Gasteiger partial charge in [-0.05, 0) is 54.4 Å². The fourth-order valence-corrected chi connectivity index (χ4v) is 4.32. The Labute approximate surface area is 183 Å². The predicted octanol–water partition coefficient (Wildman–Crippen LogP) is 2.35. The van der Waals surface area contributed by atoms with Gasteiger partial charge in [0.05, 0.1) is 25.2 Å². The van der Waals surface area contributed by atoms with Crippen LogP contribution >= 0.6 is 0 Å². The molecule has 9 heteroatoms. The lowest BCUT2D eigenvalue weighted by Gasteiger charge is -2.28. The molecule has 1 saturated heterocycles. The summed E-state index contributed by atoms with van der Waals surface area (Å²) >= 11 is 0. The third-order valence-electron chi connectivity index (χ3n) is 5.18. The minimum absolute atomic E-state index is 0.151. The molecule has 0 saturated carbocycles. The first-order chi connectivity index (χ1) is 14.8. The van der Waals surface area contributed by atoms with E-state index in [2.05, 4.69) is 10.2 Å². The summed E-state index contributed by atoms with van der Waals surface area (Å²) in [4.78, 5) is 14.9. The smallest absolute Gasteiger partial charge is 0.242 e. The highest BCUT2D eigenvalue weighted by Crippen LogP contribution is 2.25. The number of hydrogen-bond donors (Lipinski definition) is 1. The molecule has 0 radical (unpaired) electrons. The van der Waals surface area contributed by atoms with Gasteiger partial charge in [-0.1, -0.05) is 0 Å². The van der Waals surface area contributed by atoms with Crippen molar-refractivity contribution in [2.45, 2.75) is 17.7 Å². The molecule has 0 aromatic heterocycles. The standard InChI is InChI=1S/C22H29N3O5S/c1-24(2)31(27,28)20-9-10-21(29-3)17(16-20)4-11-22(26)23-18-5-7-19(8-6-18)25-12-14-30-15-13-25/h5-10,16H,4,11-15H2,1-3H3,(H,23,26). The Morgan fingerprint density at radius 3 is 2.42 bits per heavy atom. The van der Waals surface area contributed by atoms with E-state index in [0.717, 1.165) is 42.0 Å². The number of anilines is 2. The first-order valence-electron chi connectivity index (χ1n) is 10.1. The molecule has 3 rings (SSSR count). The largest absolute Gasteiger partial charge is 0.496 e. The maximum absolute atomic E-state index is 12.5. The van der Waals surface area contributed by atoms with Crippen LogP contribution in [-0.2, 0) is 26.0 Å². The van der Waals surface area contributed by atoms with Crippen LogP contribution in [0.1, 0.15) is 12.0 Å². The van der Waals surface area contributed by atoms with Crippen molar-refractivity contribution in [1.29, 1.82) is 0 Å². The summed E-state index contributed by atoms with van der Waals surface area (Å²) in [5.74, 6) is 0.405. The van der Waals surface area contributed by atoms with Gasteiger partial charge in [0.2, 0.25) is 15.9 Å². The summed E-state index contributed by atoms with van der Waals surface area (Å²) < 4.78 is 36.7. The van der Waals surface area contributed by atoms with Gasteiger partial charge in [0.1, 0.15) is 5.75 Å². The Bertz CT molecular complexity index is 1000. The van der Waals surface area contributed by atoms with E-state index in [1.54, 1.807) is 12.1 Å². The van der Waals surface area contributed by atoms with E-state index in [9.17, 15) is 13.2 Å². The number of ether oxygens (including phenoxy) is 2. The molecule has 0 spiro atoms. The summed E-state index contributed by atoms with van der Waals surface area (Å²) in [5, 5.41) is 2.89. The zero-order valence-corrected chi connectivity index (χ0v) is 18.9. The molecule has 1 heterocycles. The summed E-state index contributed by atoms with van der Waals surface area (Å²) in [6.07, 6.45) is 0.560. The number of carbonyl (C=O) groups is 1. The van der Waals surface area contributed by atoms with Crippen LogP contribution < -0.4 is 15.0 Å². The SMILES string of the molecule is COc1ccc(S(=O)(=O)N(C)C)cc1CCC(=O)Nc1ccc(N2CCOCC2)cc1. The molecule has 1 amide bonds. The third kappa shape index (κ3) is 5.75. The molecule has 0 unspecified atom stereocenters. The average Bonchev–Trinajstić information content (AvgIpc) is 2.78. The normalized spacial score (nSPS) is 14.5. The van der Waals surface area contributed by atoms with Crippen LogP contribution in [0.4, 0.5) is 11.4 Å². The lowest BCUT2D eigenvalue weighted by molar-refractivity contribution is -0.116. The number of amides is 1. The highest BCUT2D eigenvalue weighted by Gasteiger charge is 2.19. The van der Waals surface area contributed by atoms with Crippen LogP contribution in [0.2, 0.25) is 0 Å². The van der Waals surface area contributed by atoms with Crippen LogP contribution in [0.15, 0.2) is 47.4 Å². The Morgan fingerprint density at radius 1 is 1.13 bits per heavy atom. The summed E-state index contributed by atoms with van der Waals surface area (Å²) in [6, 6.07) is 12.4. The first-order valence-corrected chi connectivity index (χ1v) is 11.6. The van der Waals surface area contributed by atoms with Crippen LogP contribution in [0.3, 0.4) is 0 Å². The quantitative estimate of drug-likeness (QED) is 0.668. The van der Waals surface area contributed by atoms with E-state index in [0.29, 0.717) is 17.7 Å². The van der Waals surface area contributed by atoms with Crippen molar-refractivity contribution in [2.24, 2.45) is 0 Å². The zero-order valence-electron chi connectivity index (χ0n) is 18.1. The number of aryl methyl sites for hydroxylation is 1. The molecule has 8 nitrogen and oxygen atoms in total. The van der Waals surface area contributed by atoms with Gasteiger partial charge in [-0.2, -0.15) is 0 Å². The Kier molecular flexibility index (Phi) is 7.53. The van der Waals surface area contributed by atoms with E-state index in [-0.39, 0.29) is 17.2 Å². The van der Waals surface area contributed by atoms with Gasteiger partial charge in [0.15, 0.2) is 0 Å². The molecule has 2 aromatic carbocycles. The van der Waals surface area contributed by atoms with E-state index in [1.807, 2.05) is 24.3 Å². The molecule has 31 heavy (non-hydrogen) atoms. The second-order valence-corrected chi connectivity index (χ2v) is 9.61. The van der Waals surface area contributed by atoms with E-state index >= 15 is 0 Å². The van der Waals surface area contributed by atoms with Crippen molar-refractivity contribution in [3.63, 3.8) is 0 Å².